The highest BCUT2D eigenvalue weighted by molar-refractivity contribution is 5.89. The molecule has 7 nitrogen and oxygen atoms in total. The Labute approximate surface area is 175 Å². The largest absolute Gasteiger partial charge is 0.454 e. The molecule has 0 saturated heterocycles. The summed E-state index contributed by atoms with van der Waals surface area (Å²) >= 11 is 0. The van der Waals surface area contributed by atoms with Crippen LogP contribution < -0.4 is 9.47 Å². The summed E-state index contributed by atoms with van der Waals surface area (Å²) in [4.78, 5) is 25.0. The number of ether oxygens (including phenoxy) is 4. The predicted molar refractivity (Wildman–Crippen MR) is 107 cm³/mol. The van der Waals surface area contributed by atoms with Gasteiger partial charge < -0.3 is 24.1 Å². The fourth-order valence-corrected chi connectivity index (χ4v) is 5.95. The van der Waals surface area contributed by atoms with Gasteiger partial charge in [-0.1, -0.05) is 19.1 Å². The number of carbonyl (C=O) groups excluding carboxylic acids is 2. The molecule has 1 aromatic carbocycles. The molecule has 162 valence electrons. The molecule has 6 atom stereocenters. The van der Waals surface area contributed by atoms with Gasteiger partial charge in [0.1, 0.15) is 5.60 Å². The van der Waals surface area contributed by atoms with Crippen LogP contribution in [0.3, 0.4) is 0 Å². The quantitative estimate of drug-likeness (QED) is 0.563. The van der Waals surface area contributed by atoms with E-state index in [9.17, 15) is 14.7 Å². The highest BCUT2D eigenvalue weighted by Crippen LogP contribution is 2.63. The molecule has 1 N–H and O–H groups in total. The first kappa shape index (κ1) is 20.9. The molecule has 0 aromatic heterocycles. The summed E-state index contributed by atoms with van der Waals surface area (Å²) in [7, 11) is 1.47. The molecule has 0 unspecified atom stereocenters. The molecule has 2 aliphatic carbocycles. The van der Waals surface area contributed by atoms with Gasteiger partial charge in [0.2, 0.25) is 6.79 Å². The van der Waals surface area contributed by atoms with Crippen molar-refractivity contribution in [1.29, 1.82) is 0 Å². The number of ketones is 1. The molecule has 2 saturated carbocycles. The molecule has 30 heavy (non-hydrogen) atoms. The maximum absolute atomic E-state index is 13.1. The Morgan fingerprint density at radius 1 is 1.37 bits per heavy atom. The van der Waals surface area contributed by atoms with Gasteiger partial charge in [-0.15, -0.1) is 6.58 Å². The third kappa shape index (κ3) is 2.79. The Kier molecular flexibility index (Phi) is 5.14. The summed E-state index contributed by atoms with van der Waals surface area (Å²) in [5.41, 5.74) is -1.08. The third-order valence-corrected chi connectivity index (χ3v) is 7.32. The van der Waals surface area contributed by atoms with Gasteiger partial charge in [-0.25, -0.2) is 0 Å². The number of aliphatic hydroxyl groups is 1. The number of benzene rings is 1. The maximum Gasteiger partial charge on any atom is 0.303 e. The minimum Gasteiger partial charge on any atom is -0.454 e. The molecule has 3 aliphatic rings. The maximum atomic E-state index is 13.1. The Bertz CT molecular complexity index is 880. The van der Waals surface area contributed by atoms with Crippen molar-refractivity contribution in [2.75, 3.05) is 13.9 Å². The van der Waals surface area contributed by atoms with Gasteiger partial charge in [0, 0.05) is 31.8 Å². The lowest BCUT2D eigenvalue weighted by molar-refractivity contribution is -0.217. The van der Waals surface area contributed by atoms with E-state index in [-0.39, 0.29) is 30.8 Å². The molecule has 0 spiro atoms. The number of rotatable bonds is 6. The zero-order chi connectivity index (χ0) is 21.7. The summed E-state index contributed by atoms with van der Waals surface area (Å²) in [6.07, 6.45) is 0.703. The molecule has 1 aromatic rings. The second-order valence-corrected chi connectivity index (χ2v) is 8.61. The highest BCUT2D eigenvalue weighted by atomic mass is 16.7. The number of allylic oxidation sites excluding steroid dienone is 1. The standard InChI is InChI=1S/C23H28O7/c1-5-8-22-11-17(25)20(30-14(3)24)23(27-4,21(22)26)16(13(22)2)9-15-6-7-18-19(10-15)29-12-28-18/h5-7,10,13,16,20-21,26H,1,8-9,11-12H2,2-4H3/t13-,16-,20+,21-,22+,23-/m0/s1. The third-order valence-electron chi connectivity index (χ3n) is 7.32. The van der Waals surface area contributed by atoms with Crippen molar-refractivity contribution in [3.8, 4) is 11.5 Å². The molecule has 0 radical (unpaired) electrons. The number of carbonyl (C=O) groups is 2. The van der Waals surface area contributed by atoms with Gasteiger partial charge in [-0.2, -0.15) is 0 Å². The van der Waals surface area contributed by atoms with Gasteiger partial charge >= 0.3 is 5.97 Å². The van der Waals surface area contributed by atoms with Crippen LogP contribution in [0, 0.1) is 17.3 Å². The number of fused-ring (bicyclic) bond motifs is 3. The van der Waals surface area contributed by atoms with Crippen LogP contribution in [0.15, 0.2) is 30.9 Å². The van der Waals surface area contributed by atoms with Crippen LogP contribution in [-0.2, 0) is 25.5 Å². The van der Waals surface area contributed by atoms with Crippen molar-refractivity contribution in [2.24, 2.45) is 17.3 Å². The monoisotopic (exact) mass is 416 g/mol. The molecular weight excluding hydrogens is 388 g/mol. The van der Waals surface area contributed by atoms with E-state index in [4.69, 9.17) is 18.9 Å². The zero-order valence-electron chi connectivity index (χ0n) is 17.6. The summed E-state index contributed by atoms with van der Waals surface area (Å²) in [6.45, 7) is 7.33. The van der Waals surface area contributed by atoms with E-state index in [0.29, 0.717) is 24.3 Å². The fraction of sp³-hybridized carbons (Fsp3) is 0.565. The lowest BCUT2D eigenvalue weighted by atomic mass is 9.65. The van der Waals surface area contributed by atoms with E-state index in [1.165, 1.54) is 14.0 Å². The normalized spacial score (nSPS) is 36.6. The molecule has 2 bridgehead atoms. The summed E-state index contributed by atoms with van der Waals surface area (Å²) in [5.74, 6) is 0.207. The summed E-state index contributed by atoms with van der Waals surface area (Å²) in [5, 5.41) is 11.6. The highest BCUT2D eigenvalue weighted by Gasteiger charge is 2.74. The Hall–Kier alpha value is -2.38. The van der Waals surface area contributed by atoms with E-state index in [1.807, 2.05) is 25.1 Å². The summed E-state index contributed by atoms with van der Waals surface area (Å²) in [6, 6.07) is 5.71. The first-order chi connectivity index (χ1) is 14.3. The molecule has 7 heteroatoms. The Morgan fingerprint density at radius 2 is 2.10 bits per heavy atom. The molecule has 1 aliphatic heterocycles. The average molecular weight is 416 g/mol. The number of Topliss-reactive ketones (excluding diaryl/α,β-unsaturated/α-hetero) is 1. The average Bonchev–Trinajstić information content (AvgIpc) is 3.21. The Morgan fingerprint density at radius 3 is 2.77 bits per heavy atom. The lowest BCUT2D eigenvalue weighted by Crippen LogP contribution is -2.65. The minimum absolute atomic E-state index is 0.0830. The molecule has 2 fully saturated rings. The van der Waals surface area contributed by atoms with Crippen LogP contribution in [0.2, 0.25) is 0 Å². The smallest absolute Gasteiger partial charge is 0.303 e. The summed E-state index contributed by atoms with van der Waals surface area (Å²) < 4.78 is 22.3. The second-order valence-electron chi connectivity index (χ2n) is 8.61. The Balaban J connectivity index is 1.79. The zero-order valence-corrected chi connectivity index (χ0v) is 17.6. The van der Waals surface area contributed by atoms with Crippen molar-refractivity contribution in [1.82, 2.24) is 0 Å². The fourth-order valence-electron chi connectivity index (χ4n) is 5.95. The SMILES string of the molecule is C=CC[C@@]12CC(=O)[C@@H](OC(C)=O)[C@@](OC)([C@@H](Cc3ccc4c(c3)OCO4)[C@@H]1C)[C@H]2O. The van der Waals surface area contributed by atoms with E-state index < -0.39 is 29.2 Å². The second kappa shape index (κ2) is 7.39. The van der Waals surface area contributed by atoms with Crippen LogP contribution >= 0.6 is 0 Å². The number of hydrogen-bond acceptors (Lipinski definition) is 7. The first-order valence-corrected chi connectivity index (χ1v) is 10.2. The number of aliphatic hydroxyl groups excluding tert-OH is 1. The van der Waals surface area contributed by atoms with Crippen molar-refractivity contribution < 1.29 is 33.6 Å². The molecule has 1 heterocycles. The molecule has 0 amide bonds. The van der Waals surface area contributed by atoms with E-state index in [1.54, 1.807) is 6.08 Å². The first-order valence-electron chi connectivity index (χ1n) is 10.2. The van der Waals surface area contributed by atoms with Crippen molar-refractivity contribution >= 4 is 11.8 Å². The number of hydrogen-bond donors (Lipinski definition) is 1. The van der Waals surface area contributed by atoms with E-state index in [0.717, 1.165) is 5.56 Å². The number of esters is 1. The van der Waals surface area contributed by atoms with Crippen molar-refractivity contribution in [3.63, 3.8) is 0 Å². The number of methoxy groups -OCH3 is 1. The van der Waals surface area contributed by atoms with E-state index in [2.05, 4.69) is 6.58 Å². The van der Waals surface area contributed by atoms with Crippen LogP contribution in [0.1, 0.15) is 32.3 Å². The van der Waals surface area contributed by atoms with Gasteiger partial charge in [0.15, 0.2) is 23.4 Å². The van der Waals surface area contributed by atoms with Crippen LogP contribution in [0.4, 0.5) is 0 Å². The van der Waals surface area contributed by atoms with Crippen LogP contribution in [0.5, 0.6) is 11.5 Å². The van der Waals surface area contributed by atoms with Crippen molar-refractivity contribution in [2.45, 2.75) is 50.9 Å². The lowest BCUT2D eigenvalue weighted by Gasteiger charge is -2.47. The van der Waals surface area contributed by atoms with Gasteiger partial charge in [-0.3, -0.25) is 9.59 Å². The van der Waals surface area contributed by atoms with Gasteiger partial charge in [0.05, 0.1) is 6.10 Å². The van der Waals surface area contributed by atoms with E-state index >= 15 is 0 Å². The van der Waals surface area contributed by atoms with Crippen LogP contribution in [-0.4, -0.2) is 48.6 Å². The predicted octanol–water partition coefficient (Wildman–Crippen LogP) is 2.44. The molecule has 4 rings (SSSR count). The topological polar surface area (TPSA) is 91.3 Å². The minimum atomic E-state index is -1.33. The van der Waals surface area contributed by atoms with Gasteiger partial charge in [0.25, 0.3) is 0 Å². The van der Waals surface area contributed by atoms with Crippen LogP contribution in [0.25, 0.3) is 0 Å². The molecular formula is C23H28O7. The van der Waals surface area contributed by atoms with Crippen molar-refractivity contribution in [3.05, 3.63) is 36.4 Å². The van der Waals surface area contributed by atoms with Gasteiger partial charge in [-0.05, 0) is 36.5 Å².